The molecule has 0 rings (SSSR count). The van der Waals surface area contributed by atoms with Crippen molar-refractivity contribution in [1.29, 1.82) is 0 Å². The van der Waals surface area contributed by atoms with Crippen molar-refractivity contribution in [3.63, 3.8) is 0 Å². The first-order valence-electron chi connectivity index (χ1n) is 14.0. The van der Waals surface area contributed by atoms with E-state index in [1.165, 1.54) is 51.4 Å². The quantitative estimate of drug-likeness (QED) is 0.0651. The van der Waals surface area contributed by atoms with E-state index < -0.39 is 20.0 Å². The summed E-state index contributed by atoms with van der Waals surface area (Å²) in [6.07, 6.45) is 22.4. The summed E-state index contributed by atoms with van der Waals surface area (Å²) in [5.74, 6) is -0.214. The van der Waals surface area contributed by atoms with E-state index >= 15 is 0 Å². The first kappa shape index (κ1) is 35.0. The average Bonchev–Trinajstić information content (AvgIpc) is 2.85. The van der Waals surface area contributed by atoms with Gasteiger partial charge in [0.25, 0.3) is 0 Å². The van der Waals surface area contributed by atoms with Crippen molar-refractivity contribution in [1.82, 2.24) is 5.32 Å². The molecule has 5 N–H and O–H groups in total. The molecule has 36 heavy (non-hydrogen) atoms. The lowest BCUT2D eigenvalue weighted by molar-refractivity contribution is -0.123. The SMILES string of the molecule is CCCC/C=C/CC/C=C/C(O)C(COP(=O)(O)OCCN)NC(=O)CCCCCCCCCCC. The van der Waals surface area contributed by atoms with Crippen LogP contribution in [0.5, 0.6) is 0 Å². The number of aliphatic hydroxyl groups is 1. The summed E-state index contributed by atoms with van der Waals surface area (Å²) >= 11 is 0. The molecule has 0 spiro atoms. The summed E-state index contributed by atoms with van der Waals surface area (Å²) in [7, 11) is -4.32. The third kappa shape index (κ3) is 22.2. The van der Waals surface area contributed by atoms with Gasteiger partial charge in [0.2, 0.25) is 5.91 Å². The highest BCUT2D eigenvalue weighted by atomic mass is 31.2. The maximum atomic E-state index is 12.5. The van der Waals surface area contributed by atoms with E-state index in [0.717, 1.165) is 38.5 Å². The number of nitrogens with one attached hydrogen (secondary N) is 1. The molecule has 1 amide bonds. The average molecular weight is 533 g/mol. The minimum atomic E-state index is -4.32. The van der Waals surface area contributed by atoms with Gasteiger partial charge in [-0.3, -0.25) is 13.8 Å². The summed E-state index contributed by atoms with van der Waals surface area (Å²) in [6.45, 7) is 3.96. The molecule has 0 bridgehead atoms. The number of unbranched alkanes of at least 4 members (excludes halogenated alkanes) is 11. The Morgan fingerprint density at radius 3 is 2.11 bits per heavy atom. The number of rotatable bonds is 25. The van der Waals surface area contributed by atoms with Gasteiger partial charge in [0.05, 0.1) is 25.4 Å². The van der Waals surface area contributed by atoms with E-state index in [-0.39, 0.29) is 25.7 Å². The molecule has 0 saturated heterocycles. The molecule has 0 aliphatic rings. The number of phosphoric acid groups is 1. The van der Waals surface area contributed by atoms with Gasteiger partial charge in [0.15, 0.2) is 0 Å². The molecule has 8 nitrogen and oxygen atoms in total. The Kier molecular flexibility index (Phi) is 23.6. The molecule has 0 fully saturated rings. The van der Waals surface area contributed by atoms with Crippen LogP contribution in [0.1, 0.15) is 110 Å². The molecule has 0 heterocycles. The number of carbonyl (C=O) groups excluding carboxylic acids is 1. The molecule has 0 aromatic carbocycles. The van der Waals surface area contributed by atoms with Gasteiger partial charge in [-0.05, 0) is 25.7 Å². The molecular weight excluding hydrogens is 479 g/mol. The lowest BCUT2D eigenvalue weighted by Gasteiger charge is -2.23. The van der Waals surface area contributed by atoms with Crippen LogP contribution >= 0.6 is 7.82 Å². The Morgan fingerprint density at radius 2 is 1.47 bits per heavy atom. The third-order valence-electron chi connectivity index (χ3n) is 5.78. The third-order valence-corrected chi connectivity index (χ3v) is 6.76. The highest BCUT2D eigenvalue weighted by Gasteiger charge is 2.26. The van der Waals surface area contributed by atoms with Gasteiger partial charge >= 0.3 is 7.82 Å². The highest BCUT2D eigenvalue weighted by molar-refractivity contribution is 7.47. The van der Waals surface area contributed by atoms with E-state index in [0.29, 0.717) is 6.42 Å². The first-order valence-corrected chi connectivity index (χ1v) is 15.5. The van der Waals surface area contributed by atoms with Gasteiger partial charge < -0.3 is 21.1 Å². The van der Waals surface area contributed by atoms with Crippen LogP contribution in [0.25, 0.3) is 0 Å². The molecule has 0 aromatic rings. The van der Waals surface area contributed by atoms with E-state index in [2.05, 4.69) is 31.3 Å². The van der Waals surface area contributed by atoms with Crippen molar-refractivity contribution in [2.75, 3.05) is 19.8 Å². The normalized spacial score (nSPS) is 15.4. The first-order chi connectivity index (χ1) is 17.4. The molecule has 0 radical (unpaired) electrons. The van der Waals surface area contributed by atoms with Crippen molar-refractivity contribution in [3.05, 3.63) is 24.3 Å². The van der Waals surface area contributed by atoms with Crippen LogP contribution < -0.4 is 11.1 Å². The molecule has 212 valence electrons. The second-order valence-electron chi connectivity index (χ2n) is 9.25. The predicted octanol–water partition coefficient (Wildman–Crippen LogP) is 5.93. The van der Waals surface area contributed by atoms with Crippen molar-refractivity contribution in [2.24, 2.45) is 5.73 Å². The Morgan fingerprint density at radius 1 is 0.889 bits per heavy atom. The van der Waals surface area contributed by atoms with Gasteiger partial charge in [-0.25, -0.2) is 4.57 Å². The van der Waals surface area contributed by atoms with Gasteiger partial charge in [-0.1, -0.05) is 102 Å². The number of allylic oxidation sites excluding steroid dienone is 3. The monoisotopic (exact) mass is 532 g/mol. The zero-order valence-corrected chi connectivity index (χ0v) is 23.6. The Bertz CT molecular complexity index is 629. The van der Waals surface area contributed by atoms with Crippen molar-refractivity contribution in [3.8, 4) is 0 Å². The van der Waals surface area contributed by atoms with E-state index in [1.807, 2.05) is 6.08 Å². The summed E-state index contributed by atoms with van der Waals surface area (Å²) in [4.78, 5) is 22.2. The maximum Gasteiger partial charge on any atom is 0.472 e. The van der Waals surface area contributed by atoms with Crippen molar-refractivity contribution >= 4 is 13.7 Å². The highest BCUT2D eigenvalue weighted by Crippen LogP contribution is 2.43. The van der Waals surface area contributed by atoms with Gasteiger partial charge in [0, 0.05) is 13.0 Å². The van der Waals surface area contributed by atoms with Crippen LogP contribution in [0, 0.1) is 0 Å². The minimum Gasteiger partial charge on any atom is -0.387 e. The lowest BCUT2D eigenvalue weighted by Crippen LogP contribution is -2.45. The van der Waals surface area contributed by atoms with E-state index in [9.17, 15) is 19.4 Å². The number of phosphoric ester groups is 1. The molecular formula is C27H53N2O6P. The lowest BCUT2D eigenvalue weighted by atomic mass is 10.1. The Balaban J connectivity index is 4.57. The molecule has 0 aliphatic heterocycles. The van der Waals surface area contributed by atoms with E-state index in [1.54, 1.807) is 6.08 Å². The van der Waals surface area contributed by atoms with Gasteiger partial charge in [-0.2, -0.15) is 0 Å². The summed E-state index contributed by atoms with van der Waals surface area (Å²) in [5, 5.41) is 13.4. The molecule has 3 unspecified atom stereocenters. The molecule has 0 aliphatic carbocycles. The summed E-state index contributed by atoms with van der Waals surface area (Å²) in [5.41, 5.74) is 5.30. The number of aliphatic hydroxyl groups excluding tert-OH is 1. The van der Waals surface area contributed by atoms with Crippen LogP contribution in [0.4, 0.5) is 0 Å². The zero-order valence-electron chi connectivity index (χ0n) is 22.7. The number of amides is 1. The Hall–Kier alpha value is -1.02. The zero-order chi connectivity index (χ0) is 26.9. The molecule has 0 saturated carbocycles. The van der Waals surface area contributed by atoms with Crippen LogP contribution in [0.3, 0.4) is 0 Å². The smallest absolute Gasteiger partial charge is 0.387 e. The standard InChI is InChI=1S/C27H53N2O6P/c1-3-5-7-9-11-13-15-17-19-21-27(31)29-25(24-35-36(32,33)34-23-22-28)26(30)20-18-16-14-12-10-8-6-4-2/h10,12,18,20,25-26,30H,3-9,11,13-17,19,21-24,28H2,1-2H3,(H,29,31)(H,32,33)/b12-10+,20-18+. The molecule has 9 heteroatoms. The number of carbonyl (C=O) groups is 1. The maximum absolute atomic E-state index is 12.5. The summed E-state index contributed by atoms with van der Waals surface area (Å²) in [6, 6.07) is -0.866. The minimum absolute atomic E-state index is 0.0745. The van der Waals surface area contributed by atoms with Crippen molar-refractivity contribution < 1.29 is 28.4 Å². The van der Waals surface area contributed by atoms with E-state index in [4.69, 9.17) is 14.8 Å². The second kappa shape index (κ2) is 24.3. The fraction of sp³-hybridized carbons (Fsp3) is 0.815. The van der Waals surface area contributed by atoms with Crippen LogP contribution in [0.2, 0.25) is 0 Å². The topological polar surface area (TPSA) is 131 Å². The molecule has 0 aromatic heterocycles. The van der Waals surface area contributed by atoms with Crippen LogP contribution in [-0.4, -0.2) is 47.8 Å². The van der Waals surface area contributed by atoms with Gasteiger partial charge in [0.1, 0.15) is 0 Å². The fourth-order valence-corrected chi connectivity index (χ4v) is 4.36. The number of nitrogens with two attached hydrogens (primary N) is 1. The largest absolute Gasteiger partial charge is 0.472 e. The summed E-state index contributed by atoms with van der Waals surface area (Å²) < 4.78 is 21.7. The van der Waals surface area contributed by atoms with Crippen molar-refractivity contribution in [2.45, 2.75) is 122 Å². The fourth-order valence-electron chi connectivity index (χ4n) is 3.60. The number of hydrogen-bond acceptors (Lipinski definition) is 6. The second-order valence-corrected chi connectivity index (χ2v) is 10.7. The van der Waals surface area contributed by atoms with Crippen LogP contribution in [-0.2, 0) is 18.4 Å². The Labute approximate surface area is 219 Å². The predicted molar refractivity (Wildman–Crippen MR) is 148 cm³/mol. The van der Waals surface area contributed by atoms with Crippen LogP contribution in [0.15, 0.2) is 24.3 Å². The number of hydrogen-bond donors (Lipinski definition) is 4. The van der Waals surface area contributed by atoms with Gasteiger partial charge in [-0.15, -0.1) is 0 Å². The molecule has 3 atom stereocenters.